The molecule has 1 atom stereocenters. The first-order chi connectivity index (χ1) is 14.9. The highest BCUT2D eigenvalue weighted by Crippen LogP contribution is 2.30. The van der Waals surface area contributed by atoms with E-state index < -0.39 is 0 Å². The average molecular weight is 440 g/mol. The zero-order valence-electron chi connectivity index (χ0n) is 17.9. The van der Waals surface area contributed by atoms with Crippen LogP contribution in [0.1, 0.15) is 42.7 Å². The molecule has 7 nitrogen and oxygen atoms in total. The van der Waals surface area contributed by atoms with Crippen LogP contribution in [-0.2, 0) is 4.79 Å². The molecule has 1 unspecified atom stereocenters. The van der Waals surface area contributed by atoms with Gasteiger partial charge in [0, 0.05) is 12.1 Å². The number of halogens is 1. The fraction of sp³-hybridized carbons (Fsp3) is 0.391. The average Bonchev–Trinajstić information content (AvgIpc) is 3.26. The number of benzene rings is 1. The maximum Gasteiger partial charge on any atom is 0.241 e. The zero-order chi connectivity index (χ0) is 22.0. The number of nitrogens with one attached hydrogen (secondary N) is 1. The molecule has 1 fully saturated rings. The van der Waals surface area contributed by atoms with Crippen LogP contribution in [0.25, 0.3) is 11.5 Å². The van der Waals surface area contributed by atoms with Crippen LogP contribution in [0.5, 0.6) is 0 Å². The molecule has 0 saturated carbocycles. The third kappa shape index (κ3) is 4.78. The van der Waals surface area contributed by atoms with Crippen molar-refractivity contribution >= 4 is 23.2 Å². The van der Waals surface area contributed by atoms with Gasteiger partial charge in [-0.05, 0) is 76.0 Å². The van der Waals surface area contributed by atoms with E-state index in [2.05, 4.69) is 25.3 Å². The number of rotatable bonds is 5. The van der Waals surface area contributed by atoms with Crippen LogP contribution >= 0.6 is 11.6 Å². The second-order valence-corrected chi connectivity index (χ2v) is 8.49. The van der Waals surface area contributed by atoms with Crippen molar-refractivity contribution in [1.82, 2.24) is 20.0 Å². The van der Waals surface area contributed by atoms with Gasteiger partial charge in [-0.25, -0.2) is 0 Å². The van der Waals surface area contributed by atoms with Crippen molar-refractivity contribution in [2.24, 2.45) is 0 Å². The number of pyridine rings is 1. The summed E-state index contributed by atoms with van der Waals surface area (Å²) in [6.45, 7) is 7.43. The predicted molar refractivity (Wildman–Crippen MR) is 120 cm³/mol. The van der Waals surface area contributed by atoms with Gasteiger partial charge >= 0.3 is 0 Å². The summed E-state index contributed by atoms with van der Waals surface area (Å²) in [5, 5.41) is 7.65. The van der Waals surface area contributed by atoms with Crippen LogP contribution < -0.4 is 5.32 Å². The Bertz CT molecular complexity index is 1040. The number of likely N-dealkylation sites (tertiary alicyclic amines) is 1. The molecule has 0 radical (unpaired) electrons. The van der Waals surface area contributed by atoms with E-state index in [4.69, 9.17) is 16.1 Å². The highest BCUT2D eigenvalue weighted by atomic mass is 35.5. The molecule has 0 spiro atoms. The van der Waals surface area contributed by atoms with Crippen LogP contribution in [0, 0.1) is 13.8 Å². The van der Waals surface area contributed by atoms with Gasteiger partial charge in [0.1, 0.15) is 5.69 Å². The second kappa shape index (κ2) is 9.16. The maximum atomic E-state index is 12.9. The normalized spacial score (nSPS) is 16.3. The third-order valence-corrected chi connectivity index (χ3v) is 6.12. The van der Waals surface area contributed by atoms with Crippen molar-refractivity contribution in [3.63, 3.8) is 0 Å². The second-order valence-electron chi connectivity index (χ2n) is 8.09. The molecule has 1 aliphatic heterocycles. The highest BCUT2D eigenvalue weighted by molar-refractivity contribution is 6.34. The van der Waals surface area contributed by atoms with Gasteiger partial charge in [-0.1, -0.05) is 28.9 Å². The number of piperidine rings is 1. The Labute approximate surface area is 186 Å². The van der Waals surface area contributed by atoms with Gasteiger partial charge in [-0.2, -0.15) is 4.98 Å². The molecule has 8 heteroatoms. The lowest BCUT2D eigenvalue weighted by Gasteiger charge is -2.34. The highest BCUT2D eigenvalue weighted by Gasteiger charge is 2.30. The van der Waals surface area contributed by atoms with Gasteiger partial charge in [0.05, 0.1) is 16.8 Å². The first kappa shape index (κ1) is 21.5. The number of amides is 1. The summed E-state index contributed by atoms with van der Waals surface area (Å²) in [5.74, 6) is 1.28. The molecule has 1 saturated heterocycles. The van der Waals surface area contributed by atoms with Gasteiger partial charge in [-0.3, -0.25) is 14.7 Å². The molecule has 0 bridgehead atoms. The number of hydrogen-bond donors (Lipinski definition) is 1. The van der Waals surface area contributed by atoms with E-state index in [1.54, 1.807) is 6.20 Å². The van der Waals surface area contributed by atoms with Crippen LogP contribution in [0.15, 0.2) is 41.1 Å². The summed E-state index contributed by atoms with van der Waals surface area (Å²) in [4.78, 5) is 23.8. The molecule has 162 valence electrons. The first-order valence-corrected chi connectivity index (χ1v) is 10.9. The standard InChI is InChI=1S/C23H26ClN5O2/c1-14-12-15(2)20(18(24)13-14)26-22(30)16(3)29-10-7-17(8-11-29)23-27-21(28-31-23)19-6-4-5-9-25-19/h4-6,9,12-13,16-17H,7-8,10-11H2,1-3H3,(H,26,30). The molecule has 3 aromatic rings. The summed E-state index contributed by atoms with van der Waals surface area (Å²) < 4.78 is 5.50. The van der Waals surface area contributed by atoms with Crippen LogP contribution in [-0.4, -0.2) is 45.1 Å². The lowest BCUT2D eigenvalue weighted by Crippen LogP contribution is -2.45. The number of nitrogens with zero attached hydrogens (tertiary/aromatic N) is 4. The first-order valence-electron chi connectivity index (χ1n) is 10.5. The summed E-state index contributed by atoms with van der Waals surface area (Å²) in [7, 11) is 0. The number of carbonyl (C=O) groups excluding carboxylic acids is 1. The Morgan fingerprint density at radius 2 is 2.03 bits per heavy atom. The largest absolute Gasteiger partial charge is 0.339 e. The Morgan fingerprint density at radius 3 is 2.71 bits per heavy atom. The molecule has 1 aliphatic rings. The summed E-state index contributed by atoms with van der Waals surface area (Å²) >= 11 is 6.35. The van der Waals surface area contributed by atoms with Crippen LogP contribution in [0.2, 0.25) is 5.02 Å². The van der Waals surface area contributed by atoms with Crippen LogP contribution in [0.3, 0.4) is 0 Å². The van der Waals surface area contributed by atoms with Gasteiger partial charge < -0.3 is 9.84 Å². The Hall–Kier alpha value is -2.77. The minimum absolute atomic E-state index is 0.0532. The Balaban J connectivity index is 1.35. The van der Waals surface area contributed by atoms with Gasteiger partial charge in [0.2, 0.25) is 17.6 Å². The van der Waals surface area contributed by atoms with Crippen molar-refractivity contribution in [1.29, 1.82) is 0 Å². The van der Waals surface area contributed by atoms with E-state index in [9.17, 15) is 4.79 Å². The molecule has 1 aromatic carbocycles. The fourth-order valence-corrected chi connectivity index (χ4v) is 4.37. The molecule has 1 amide bonds. The lowest BCUT2D eigenvalue weighted by molar-refractivity contribution is -0.121. The van der Waals surface area contributed by atoms with E-state index in [-0.39, 0.29) is 17.9 Å². The molecule has 1 N–H and O–H groups in total. The number of carbonyl (C=O) groups is 1. The van der Waals surface area contributed by atoms with E-state index in [1.807, 2.05) is 51.1 Å². The van der Waals surface area contributed by atoms with E-state index in [1.165, 1.54) is 0 Å². The topological polar surface area (TPSA) is 84.2 Å². The fourth-order valence-electron chi connectivity index (χ4n) is 4.00. The number of anilines is 1. The van der Waals surface area contributed by atoms with Crippen molar-refractivity contribution in [3.8, 4) is 11.5 Å². The molecular formula is C23H26ClN5O2. The zero-order valence-corrected chi connectivity index (χ0v) is 18.7. The molecular weight excluding hydrogens is 414 g/mol. The minimum Gasteiger partial charge on any atom is -0.339 e. The van der Waals surface area contributed by atoms with Crippen LogP contribution in [0.4, 0.5) is 5.69 Å². The van der Waals surface area contributed by atoms with Gasteiger partial charge in [0.25, 0.3) is 0 Å². The smallest absolute Gasteiger partial charge is 0.241 e. The van der Waals surface area contributed by atoms with Gasteiger partial charge in [-0.15, -0.1) is 0 Å². The monoisotopic (exact) mass is 439 g/mol. The van der Waals surface area contributed by atoms with Crippen molar-refractivity contribution in [3.05, 3.63) is 58.6 Å². The summed E-state index contributed by atoms with van der Waals surface area (Å²) in [5.41, 5.74) is 3.42. The minimum atomic E-state index is -0.260. The molecule has 2 aromatic heterocycles. The molecule has 31 heavy (non-hydrogen) atoms. The van der Waals surface area contributed by atoms with Crippen molar-refractivity contribution in [2.75, 3.05) is 18.4 Å². The summed E-state index contributed by atoms with van der Waals surface area (Å²) in [6, 6.07) is 9.23. The van der Waals surface area contributed by atoms with Crippen molar-refractivity contribution < 1.29 is 9.32 Å². The summed E-state index contributed by atoms with van der Waals surface area (Å²) in [6.07, 6.45) is 3.42. The quantitative estimate of drug-likeness (QED) is 0.625. The Kier molecular flexibility index (Phi) is 6.34. The van der Waals surface area contributed by atoms with E-state index >= 15 is 0 Å². The van der Waals surface area contributed by atoms with E-state index in [0.29, 0.717) is 28.1 Å². The molecule has 3 heterocycles. The Morgan fingerprint density at radius 1 is 1.26 bits per heavy atom. The van der Waals surface area contributed by atoms with Crippen molar-refractivity contribution in [2.45, 2.75) is 45.6 Å². The number of aryl methyl sites for hydroxylation is 2. The molecule has 4 rings (SSSR count). The maximum absolute atomic E-state index is 12.9. The number of aromatic nitrogens is 3. The molecule has 0 aliphatic carbocycles. The number of hydrogen-bond acceptors (Lipinski definition) is 6. The third-order valence-electron chi connectivity index (χ3n) is 5.82. The SMILES string of the molecule is Cc1cc(C)c(NC(=O)C(C)N2CCC(c3nc(-c4ccccn4)no3)CC2)c(Cl)c1. The van der Waals surface area contributed by atoms with Gasteiger partial charge in [0.15, 0.2) is 0 Å². The van der Waals surface area contributed by atoms with E-state index in [0.717, 1.165) is 37.1 Å². The predicted octanol–water partition coefficient (Wildman–Crippen LogP) is 4.61. The lowest BCUT2D eigenvalue weighted by atomic mass is 9.95.